The van der Waals surface area contributed by atoms with Gasteiger partial charge in [0.15, 0.2) is 0 Å². The van der Waals surface area contributed by atoms with Crippen LogP contribution in [0.15, 0.2) is 30.5 Å². The summed E-state index contributed by atoms with van der Waals surface area (Å²) in [6.45, 7) is 1.92. The van der Waals surface area contributed by atoms with Crippen molar-refractivity contribution in [1.82, 2.24) is 9.78 Å². The Morgan fingerprint density at radius 1 is 1.39 bits per heavy atom. The Morgan fingerprint density at radius 2 is 2.04 bits per heavy atom. The first-order valence-corrected chi connectivity index (χ1v) is 6.43. The van der Waals surface area contributed by atoms with Gasteiger partial charge in [-0.1, -0.05) is 12.1 Å². The average molecular weight is 328 g/mol. The SMILES string of the molecule is CCn1cc([N+](=O)[O-])c(C(=O)Nc2ccccc2C(F)(F)F)n1. The molecule has 0 aliphatic carbocycles. The van der Waals surface area contributed by atoms with E-state index < -0.39 is 39.6 Å². The second-order valence-corrected chi connectivity index (χ2v) is 4.47. The standard InChI is InChI=1S/C13H11F3N4O3/c1-2-19-7-10(20(22)23)11(18-19)12(21)17-9-6-4-3-5-8(9)13(14,15)16/h3-7H,2H2,1H3,(H,17,21). The summed E-state index contributed by atoms with van der Waals surface area (Å²) in [5.41, 5.74) is -2.67. The minimum atomic E-state index is -4.67. The molecule has 0 saturated carbocycles. The third-order valence-electron chi connectivity index (χ3n) is 2.96. The average Bonchev–Trinajstić information content (AvgIpc) is 2.91. The van der Waals surface area contributed by atoms with E-state index >= 15 is 0 Å². The van der Waals surface area contributed by atoms with Gasteiger partial charge in [-0.25, -0.2) is 0 Å². The van der Waals surface area contributed by atoms with Gasteiger partial charge < -0.3 is 5.32 Å². The number of carbonyl (C=O) groups is 1. The third-order valence-corrected chi connectivity index (χ3v) is 2.96. The van der Waals surface area contributed by atoms with Crippen molar-refractivity contribution in [1.29, 1.82) is 0 Å². The number of nitrogens with zero attached hydrogens (tertiary/aromatic N) is 3. The maximum Gasteiger partial charge on any atom is 0.418 e. The fraction of sp³-hybridized carbons (Fsp3) is 0.231. The number of carbonyl (C=O) groups excluding carboxylic acids is 1. The van der Waals surface area contributed by atoms with E-state index in [0.717, 1.165) is 23.0 Å². The second-order valence-electron chi connectivity index (χ2n) is 4.47. The highest BCUT2D eigenvalue weighted by atomic mass is 19.4. The zero-order valence-corrected chi connectivity index (χ0v) is 11.8. The van der Waals surface area contributed by atoms with Crippen LogP contribution in [0.25, 0.3) is 0 Å². The van der Waals surface area contributed by atoms with E-state index in [0.29, 0.717) is 0 Å². The summed E-state index contributed by atoms with van der Waals surface area (Å²) in [7, 11) is 0. The van der Waals surface area contributed by atoms with Crippen LogP contribution in [-0.2, 0) is 12.7 Å². The first-order chi connectivity index (χ1) is 10.7. The van der Waals surface area contributed by atoms with Gasteiger partial charge in [0.25, 0.3) is 5.91 Å². The van der Waals surface area contributed by atoms with Crippen molar-refractivity contribution in [3.8, 4) is 0 Å². The molecule has 0 radical (unpaired) electrons. The maximum atomic E-state index is 12.9. The summed E-state index contributed by atoms with van der Waals surface area (Å²) in [6.07, 6.45) is -3.62. The number of anilines is 1. The number of benzene rings is 1. The van der Waals surface area contributed by atoms with Crippen molar-refractivity contribution in [3.05, 3.63) is 51.8 Å². The van der Waals surface area contributed by atoms with Crippen molar-refractivity contribution < 1.29 is 22.9 Å². The number of aromatic nitrogens is 2. The molecule has 0 bridgehead atoms. The Bertz CT molecular complexity index is 755. The van der Waals surface area contributed by atoms with E-state index in [1.807, 2.05) is 5.32 Å². The molecule has 0 fully saturated rings. The van der Waals surface area contributed by atoms with Crippen LogP contribution in [0.1, 0.15) is 23.0 Å². The number of nitrogens with one attached hydrogen (secondary N) is 1. The van der Waals surface area contributed by atoms with E-state index in [1.165, 1.54) is 12.1 Å². The first-order valence-electron chi connectivity index (χ1n) is 6.43. The van der Waals surface area contributed by atoms with Gasteiger partial charge in [0.2, 0.25) is 5.69 Å². The van der Waals surface area contributed by atoms with Gasteiger partial charge in [0.1, 0.15) is 6.20 Å². The zero-order chi connectivity index (χ0) is 17.2. The summed E-state index contributed by atoms with van der Waals surface area (Å²) >= 11 is 0. The fourth-order valence-corrected chi connectivity index (χ4v) is 1.89. The van der Waals surface area contributed by atoms with Gasteiger partial charge >= 0.3 is 11.9 Å². The molecule has 0 aliphatic heterocycles. The Balaban J connectivity index is 2.38. The van der Waals surface area contributed by atoms with Crippen molar-refractivity contribution in [2.45, 2.75) is 19.6 Å². The van der Waals surface area contributed by atoms with Crippen molar-refractivity contribution in [2.75, 3.05) is 5.32 Å². The molecule has 0 atom stereocenters. The van der Waals surface area contributed by atoms with Crippen molar-refractivity contribution in [2.24, 2.45) is 0 Å². The Hall–Kier alpha value is -2.91. The molecule has 122 valence electrons. The number of hydrogen-bond acceptors (Lipinski definition) is 4. The minimum absolute atomic E-state index is 0.271. The second kappa shape index (κ2) is 6.07. The molecule has 7 nitrogen and oxygen atoms in total. The molecule has 1 heterocycles. The lowest BCUT2D eigenvalue weighted by atomic mass is 10.1. The quantitative estimate of drug-likeness (QED) is 0.690. The van der Waals surface area contributed by atoms with Gasteiger partial charge in [0.05, 0.1) is 16.2 Å². The monoisotopic (exact) mass is 328 g/mol. The van der Waals surface area contributed by atoms with E-state index in [1.54, 1.807) is 6.92 Å². The normalized spacial score (nSPS) is 11.3. The number of aryl methyl sites for hydroxylation is 1. The molecule has 0 spiro atoms. The Labute approximate surface area is 127 Å². The first kappa shape index (κ1) is 16.5. The smallest absolute Gasteiger partial charge is 0.320 e. The Morgan fingerprint density at radius 3 is 2.61 bits per heavy atom. The molecular weight excluding hydrogens is 317 g/mol. The topological polar surface area (TPSA) is 90.1 Å². The molecule has 0 aliphatic rings. The highest BCUT2D eigenvalue weighted by Gasteiger charge is 2.34. The minimum Gasteiger partial charge on any atom is -0.320 e. The van der Waals surface area contributed by atoms with E-state index in [-0.39, 0.29) is 6.54 Å². The van der Waals surface area contributed by atoms with Crippen LogP contribution in [-0.4, -0.2) is 20.6 Å². The molecule has 0 saturated heterocycles. The van der Waals surface area contributed by atoms with Crippen LogP contribution >= 0.6 is 0 Å². The molecule has 23 heavy (non-hydrogen) atoms. The Kier molecular flexibility index (Phi) is 4.34. The van der Waals surface area contributed by atoms with Crippen LogP contribution in [0.5, 0.6) is 0 Å². The van der Waals surface area contributed by atoms with Crippen LogP contribution in [0.4, 0.5) is 24.5 Å². The van der Waals surface area contributed by atoms with Gasteiger partial charge in [-0.2, -0.15) is 18.3 Å². The molecular formula is C13H11F3N4O3. The lowest BCUT2D eigenvalue weighted by molar-refractivity contribution is -0.385. The highest BCUT2D eigenvalue weighted by Crippen LogP contribution is 2.34. The van der Waals surface area contributed by atoms with E-state index in [4.69, 9.17) is 0 Å². The van der Waals surface area contributed by atoms with Crippen LogP contribution in [0.3, 0.4) is 0 Å². The molecule has 2 aromatic rings. The molecule has 0 unspecified atom stereocenters. The summed E-state index contributed by atoms with van der Waals surface area (Å²) in [5.74, 6) is -1.08. The summed E-state index contributed by atoms with van der Waals surface area (Å²) in [6, 6.07) is 4.34. The lowest BCUT2D eigenvalue weighted by Gasteiger charge is -2.12. The van der Waals surface area contributed by atoms with Gasteiger partial charge in [-0.3, -0.25) is 19.6 Å². The predicted octanol–water partition coefficient (Wildman–Crippen LogP) is 3.08. The molecule has 1 aromatic carbocycles. The van der Waals surface area contributed by atoms with Gasteiger partial charge in [-0.15, -0.1) is 0 Å². The van der Waals surface area contributed by atoms with Gasteiger partial charge in [0, 0.05) is 6.54 Å². The summed E-state index contributed by atoms with van der Waals surface area (Å²) in [5, 5.41) is 16.7. The maximum absolute atomic E-state index is 12.9. The molecule has 1 aromatic heterocycles. The van der Waals surface area contributed by atoms with Crippen LogP contribution < -0.4 is 5.32 Å². The number of amides is 1. The van der Waals surface area contributed by atoms with Crippen LogP contribution in [0.2, 0.25) is 0 Å². The van der Waals surface area contributed by atoms with Crippen molar-refractivity contribution >= 4 is 17.3 Å². The molecule has 1 N–H and O–H groups in total. The highest BCUT2D eigenvalue weighted by molar-refractivity contribution is 6.05. The predicted molar refractivity (Wildman–Crippen MR) is 74.0 cm³/mol. The summed E-state index contributed by atoms with van der Waals surface area (Å²) in [4.78, 5) is 22.2. The third kappa shape index (κ3) is 3.47. The fourth-order valence-electron chi connectivity index (χ4n) is 1.89. The van der Waals surface area contributed by atoms with E-state index in [2.05, 4.69) is 5.10 Å². The van der Waals surface area contributed by atoms with Crippen LogP contribution in [0, 0.1) is 10.1 Å². The number of nitro groups is 1. The number of halogens is 3. The van der Waals surface area contributed by atoms with Gasteiger partial charge in [-0.05, 0) is 19.1 Å². The number of hydrogen-bond donors (Lipinski definition) is 1. The van der Waals surface area contributed by atoms with Crippen molar-refractivity contribution in [3.63, 3.8) is 0 Å². The summed E-state index contributed by atoms with van der Waals surface area (Å²) < 4.78 is 39.8. The largest absolute Gasteiger partial charge is 0.418 e. The number of alkyl halides is 3. The number of rotatable bonds is 4. The van der Waals surface area contributed by atoms with E-state index in [9.17, 15) is 28.1 Å². The zero-order valence-electron chi connectivity index (χ0n) is 11.8. The molecule has 10 heteroatoms. The molecule has 1 amide bonds. The molecule has 2 rings (SSSR count). The lowest BCUT2D eigenvalue weighted by Crippen LogP contribution is -2.18. The number of para-hydroxylation sites is 1.